The van der Waals surface area contributed by atoms with E-state index >= 15 is 0 Å². The molecule has 0 aromatic carbocycles. The number of guanidine groups is 1. The largest absolute Gasteiger partial charge is 0.379 e. The van der Waals surface area contributed by atoms with Crippen molar-refractivity contribution in [1.82, 2.24) is 25.4 Å². The predicted octanol–water partition coefficient (Wildman–Crippen LogP) is 0.855. The van der Waals surface area contributed by atoms with Gasteiger partial charge in [-0.05, 0) is 19.0 Å². The lowest BCUT2D eigenvalue weighted by Gasteiger charge is -2.37. The number of aromatic nitrogens is 1. The molecule has 2 fully saturated rings. The molecule has 3 rings (SSSR count). The minimum atomic E-state index is 0.465. The zero-order valence-corrected chi connectivity index (χ0v) is 19.1. The van der Waals surface area contributed by atoms with E-state index in [-0.39, 0.29) is 0 Å². The Morgan fingerprint density at radius 1 is 1.13 bits per heavy atom. The van der Waals surface area contributed by atoms with Gasteiger partial charge in [0.2, 0.25) is 0 Å². The Hall–Kier alpha value is -1.90. The highest BCUT2D eigenvalue weighted by molar-refractivity contribution is 5.79. The molecule has 1 unspecified atom stereocenters. The van der Waals surface area contributed by atoms with E-state index in [1.165, 1.54) is 5.56 Å². The van der Waals surface area contributed by atoms with Gasteiger partial charge in [-0.1, -0.05) is 19.9 Å². The number of ether oxygens (including phenoxy) is 1. The smallest absolute Gasteiger partial charge is 0.191 e. The summed E-state index contributed by atoms with van der Waals surface area (Å²) in [6.07, 6.45) is 1.89. The standard InChI is InChI=1S/C22H39N7O/c1-18(2)20(28-12-14-30-15-13-28)17-26-22(23-3)25-16-19-6-5-7-24-21(19)29-10-8-27(4)9-11-29/h5-7,18,20H,8-17H2,1-4H3,(H2,23,25,26). The topological polar surface area (TPSA) is 68.3 Å². The van der Waals surface area contributed by atoms with Crippen molar-refractivity contribution in [3.63, 3.8) is 0 Å². The fourth-order valence-electron chi connectivity index (χ4n) is 4.17. The summed E-state index contributed by atoms with van der Waals surface area (Å²) in [5, 5.41) is 7.03. The average Bonchev–Trinajstić information content (AvgIpc) is 2.77. The van der Waals surface area contributed by atoms with Crippen LogP contribution in [0.25, 0.3) is 0 Å². The quantitative estimate of drug-likeness (QED) is 0.504. The number of piperazine rings is 1. The maximum atomic E-state index is 5.52. The Morgan fingerprint density at radius 2 is 1.87 bits per heavy atom. The molecule has 0 aliphatic carbocycles. The summed E-state index contributed by atoms with van der Waals surface area (Å²) in [5.41, 5.74) is 1.21. The molecule has 2 aliphatic heterocycles. The van der Waals surface area contributed by atoms with Gasteiger partial charge in [-0.3, -0.25) is 9.89 Å². The Balaban J connectivity index is 1.55. The summed E-state index contributed by atoms with van der Waals surface area (Å²) >= 11 is 0. The molecule has 2 aliphatic rings. The van der Waals surface area contributed by atoms with Crippen molar-refractivity contribution >= 4 is 11.8 Å². The molecule has 30 heavy (non-hydrogen) atoms. The maximum Gasteiger partial charge on any atom is 0.191 e. The molecule has 0 bridgehead atoms. The van der Waals surface area contributed by atoms with Crippen LogP contribution in [0, 0.1) is 5.92 Å². The number of hydrogen-bond donors (Lipinski definition) is 2. The van der Waals surface area contributed by atoms with Gasteiger partial charge in [0.25, 0.3) is 0 Å². The van der Waals surface area contributed by atoms with Gasteiger partial charge in [-0.15, -0.1) is 0 Å². The molecule has 1 aromatic rings. The number of pyridine rings is 1. The van der Waals surface area contributed by atoms with Crippen LogP contribution in [0.2, 0.25) is 0 Å². The van der Waals surface area contributed by atoms with E-state index in [1.807, 2.05) is 19.3 Å². The third kappa shape index (κ3) is 6.30. The van der Waals surface area contributed by atoms with Gasteiger partial charge in [0.05, 0.1) is 13.2 Å². The number of anilines is 1. The molecule has 0 spiro atoms. The second kappa shape index (κ2) is 11.5. The number of aliphatic imine (C=N–C) groups is 1. The zero-order valence-electron chi connectivity index (χ0n) is 19.1. The van der Waals surface area contributed by atoms with Crippen LogP contribution >= 0.6 is 0 Å². The first-order valence-electron chi connectivity index (χ1n) is 11.2. The van der Waals surface area contributed by atoms with Crippen LogP contribution in [-0.4, -0.2) is 99.9 Å². The number of rotatable bonds is 7. The van der Waals surface area contributed by atoms with E-state index in [9.17, 15) is 0 Å². The fourth-order valence-corrected chi connectivity index (χ4v) is 4.17. The lowest BCUT2D eigenvalue weighted by molar-refractivity contribution is 0.00752. The summed E-state index contributed by atoms with van der Waals surface area (Å²) in [6.45, 7) is 14.0. The normalized spacial score (nSPS) is 20.4. The van der Waals surface area contributed by atoms with Crippen LogP contribution in [-0.2, 0) is 11.3 Å². The van der Waals surface area contributed by atoms with Crippen LogP contribution < -0.4 is 15.5 Å². The molecule has 0 saturated carbocycles. The minimum absolute atomic E-state index is 0.465. The van der Waals surface area contributed by atoms with Crippen LogP contribution in [0.5, 0.6) is 0 Å². The molecule has 1 atom stereocenters. The van der Waals surface area contributed by atoms with E-state index < -0.39 is 0 Å². The summed E-state index contributed by atoms with van der Waals surface area (Å²) in [7, 11) is 4.01. The van der Waals surface area contributed by atoms with Crippen molar-refractivity contribution < 1.29 is 4.74 Å². The van der Waals surface area contributed by atoms with Crippen LogP contribution in [0.15, 0.2) is 23.3 Å². The lowest BCUT2D eigenvalue weighted by Crippen LogP contribution is -2.52. The van der Waals surface area contributed by atoms with Gasteiger partial charge in [-0.2, -0.15) is 0 Å². The number of hydrogen-bond acceptors (Lipinski definition) is 6. The monoisotopic (exact) mass is 417 g/mol. The third-order valence-corrected chi connectivity index (χ3v) is 6.10. The highest BCUT2D eigenvalue weighted by Crippen LogP contribution is 2.18. The zero-order chi connectivity index (χ0) is 21.3. The highest BCUT2D eigenvalue weighted by atomic mass is 16.5. The van der Waals surface area contributed by atoms with E-state index in [4.69, 9.17) is 4.74 Å². The molecule has 1 aromatic heterocycles. The van der Waals surface area contributed by atoms with Gasteiger partial charge in [0, 0.05) is 77.2 Å². The third-order valence-electron chi connectivity index (χ3n) is 6.10. The van der Waals surface area contributed by atoms with Gasteiger partial charge in [0.1, 0.15) is 5.82 Å². The number of likely N-dealkylation sites (N-methyl/N-ethyl adjacent to an activating group) is 1. The van der Waals surface area contributed by atoms with Crippen molar-refractivity contribution in [3.05, 3.63) is 23.9 Å². The number of morpholine rings is 1. The molecule has 2 saturated heterocycles. The summed E-state index contributed by atoms with van der Waals surface area (Å²) in [6, 6.07) is 4.64. The van der Waals surface area contributed by atoms with E-state index in [1.54, 1.807) is 0 Å². The fraction of sp³-hybridized carbons (Fsp3) is 0.727. The lowest BCUT2D eigenvalue weighted by atomic mass is 10.0. The Morgan fingerprint density at radius 3 is 2.53 bits per heavy atom. The Kier molecular flexibility index (Phi) is 8.72. The second-order valence-corrected chi connectivity index (χ2v) is 8.54. The van der Waals surface area contributed by atoms with E-state index in [0.29, 0.717) is 18.5 Å². The maximum absolute atomic E-state index is 5.52. The molecule has 8 nitrogen and oxygen atoms in total. The van der Waals surface area contributed by atoms with E-state index in [2.05, 4.69) is 62.3 Å². The van der Waals surface area contributed by atoms with Gasteiger partial charge in [-0.25, -0.2) is 4.98 Å². The molecule has 8 heteroatoms. The predicted molar refractivity (Wildman–Crippen MR) is 123 cm³/mol. The van der Waals surface area contributed by atoms with E-state index in [0.717, 1.165) is 70.8 Å². The second-order valence-electron chi connectivity index (χ2n) is 8.54. The molecular weight excluding hydrogens is 378 g/mol. The summed E-state index contributed by atoms with van der Waals surface area (Å²) in [4.78, 5) is 16.4. The first-order valence-corrected chi connectivity index (χ1v) is 11.2. The minimum Gasteiger partial charge on any atom is -0.379 e. The molecule has 0 radical (unpaired) electrons. The van der Waals surface area contributed by atoms with Crippen LogP contribution in [0.1, 0.15) is 19.4 Å². The number of nitrogens with one attached hydrogen (secondary N) is 2. The molecule has 2 N–H and O–H groups in total. The van der Waals surface area contributed by atoms with Gasteiger partial charge >= 0.3 is 0 Å². The number of nitrogens with zero attached hydrogens (tertiary/aromatic N) is 5. The Bertz CT molecular complexity index is 667. The van der Waals surface area contributed by atoms with Crippen LogP contribution in [0.3, 0.4) is 0 Å². The summed E-state index contributed by atoms with van der Waals surface area (Å²) < 4.78 is 5.52. The van der Waals surface area contributed by atoms with Crippen molar-refractivity contribution in [2.45, 2.75) is 26.4 Å². The Labute approximate surface area is 181 Å². The van der Waals surface area contributed by atoms with Crippen molar-refractivity contribution in [2.75, 3.05) is 78.0 Å². The first-order chi connectivity index (χ1) is 14.6. The van der Waals surface area contributed by atoms with Gasteiger partial charge in [0.15, 0.2) is 5.96 Å². The average molecular weight is 418 g/mol. The molecule has 3 heterocycles. The summed E-state index contributed by atoms with van der Waals surface area (Å²) in [5.74, 6) is 2.49. The first kappa shape index (κ1) is 22.8. The van der Waals surface area contributed by atoms with Gasteiger partial charge < -0.3 is 25.2 Å². The van der Waals surface area contributed by atoms with Crippen molar-refractivity contribution in [3.8, 4) is 0 Å². The molecule has 0 amide bonds. The van der Waals surface area contributed by atoms with Crippen molar-refractivity contribution in [1.29, 1.82) is 0 Å². The van der Waals surface area contributed by atoms with Crippen LogP contribution in [0.4, 0.5) is 5.82 Å². The molecular formula is C22H39N7O. The highest BCUT2D eigenvalue weighted by Gasteiger charge is 2.24. The van der Waals surface area contributed by atoms with Crippen molar-refractivity contribution in [2.24, 2.45) is 10.9 Å². The molecule has 168 valence electrons. The SMILES string of the molecule is CN=C(NCc1cccnc1N1CCN(C)CC1)NCC(C(C)C)N1CCOCC1.